The van der Waals surface area contributed by atoms with Crippen molar-refractivity contribution in [2.45, 2.75) is 39.0 Å². The molecule has 0 aromatic heterocycles. The molecule has 0 radical (unpaired) electrons. The number of likely N-dealkylation sites (tertiary alicyclic amines) is 1. The molecule has 0 unspecified atom stereocenters. The van der Waals surface area contributed by atoms with E-state index >= 15 is 0 Å². The fourth-order valence-corrected chi connectivity index (χ4v) is 2.60. The van der Waals surface area contributed by atoms with Gasteiger partial charge in [-0.25, -0.2) is 0 Å². The SMILES string of the molecule is COc1cc(C(=O)N2CCCCC2)ccc1C(C)C. The highest BCUT2D eigenvalue weighted by Crippen LogP contribution is 2.28. The lowest BCUT2D eigenvalue weighted by Gasteiger charge is -2.27. The maximum atomic E-state index is 12.4. The highest BCUT2D eigenvalue weighted by atomic mass is 16.5. The molecule has 1 fully saturated rings. The summed E-state index contributed by atoms with van der Waals surface area (Å²) in [5, 5.41) is 0. The van der Waals surface area contributed by atoms with Gasteiger partial charge >= 0.3 is 0 Å². The van der Waals surface area contributed by atoms with E-state index in [0.717, 1.165) is 42.8 Å². The van der Waals surface area contributed by atoms with Crippen LogP contribution in [0.2, 0.25) is 0 Å². The van der Waals surface area contributed by atoms with Crippen molar-refractivity contribution in [2.24, 2.45) is 0 Å². The molecule has 1 aliphatic heterocycles. The largest absolute Gasteiger partial charge is 0.496 e. The molecule has 1 saturated heterocycles. The van der Waals surface area contributed by atoms with E-state index in [4.69, 9.17) is 4.74 Å². The molecule has 1 aliphatic rings. The van der Waals surface area contributed by atoms with Crippen LogP contribution < -0.4 is 4.74 Å². The number of carbonyl (C=O) groups excluding carboxylic acids is 1. The van der Waals surface area contributed by atoms with E-state index in [1.807, 2.05) is 23.1 Å². The third-order valence-electron chi connectivity index (χ3n) is 3.75. The van der Waals surface area contributed by atoms with E-state index in [1.165, 1.54) is 6.42 Å². The number of methoxy groups -OCH3 is 1. The van der Waals surface area contributed by atoms with Crippen molar-refractivity contribution in [3.63, 3.8) is 0 Å². The van der Waals surface area contributed by atoms with Gasteiger partial charge in [-0.1, -0.05) is 19.9 Å². The Morgan fingerprint density at radius 1 is 1.21 bits per heavy atom. The van der Waals surface area contributed by atoms with Gasteiger partial charge in [0.15, 0.2) is 0 Å². The number of benzene rings is 1. The summed E-state index contributed by atoms with van der Waals surface area (Å²) < 4.78 is 5.41. The van der Waals surface area contributed by atoms with Crippen molar-refractivity contribution in [3.8, 4) is 5.75 Å². The molecule has 0 spiro atoms. The Balaban J connectivity index is 2.22. The summed E-state index contributed by atoms with van der Waals surface area (Å²) >= 11 is 0. The first-order valence-electron chi connectivity index (χ1n) is 7.10. The Hall–Kier alpha value is -1.51. The number of ether oxygens (including phenoxy) is 1. The minimum absolute atomic E-state index is 0.133. The lowest BCUT2D eigenvalue weighted by Crippen LogP contribution is -2.35. The first-order valence-corrected chi connectivity index (χ1v) is 7.10. The Labute approximate surface area is 115 Å². The average molecular weight is 261 g/mol. The normalized spacial score (nSPS) is 15.7. The maximum absolute atomic E-state index is 12.4. The van der Waals surface area contributed by atoms with E-state index in [2.05, 4.69) is 13.8 Å². The molecule has 1 aromatic rings. The summed E-state index contributed by atoms with van der Waals surface area (Å²) in [7, 11) is 1.66. The van der Waals surface area contributed by atoms with Crippen LogP contribution in [0.5, 0.6) is 5.75 Å². The van der Waals surface area contributed by atoms with Gasteiger partial charge in [-0.3, -0.25) is 4.79 Å². The van der Waals surface area contributed by atoms with Gasteiger partial charge < -0.3 is 9.64 Å². The van der Waals surface area contributed by atoms with Crippen molar-refractivity contribution in [2.75, 3.05) is 20.2 Å². The number of nitrogens with zero attached hydrogens (tertiary/aromatic N) is 1. The van der Waals surface area contributed by atoms with Crippen LogP contribution in [0.3, 0.4) is 0 Å². The van der Waals surface area contributed by atoms with Gasteiger partial charge in [-0.05, 0) is 42.9 Å². The fourth-order valence-electron chi connectivity index (χ4n) is 2.60. The van der Waals surface area contributed by atoms with Gasteiger partial charge in [0.2, 0.25) is 0 Å². The second-order valence-electron chi connectivity index (χ2n) is 5.46. The van der Waals surface area contributed by atoms with Crippen LogP contribution >= 0.6 is 0 Å². The predicted molar refractivity (Wildman–Crippen MR) is 76.8 cm³/mol. The standard InChI is InChI=1S/C16H23NO2/c1-12(2)14-8-7-13(11-15(14)19-3)16(18)17-9-5-4-6-10-17/h7-8,11-12H,4-6,9-10H2,1-3H3. The summed E-state index contributed by atoms with van der Waals surface area (Å²) in [4.78, 5) is 14.4. The molecule has 0 bridgehead atoms. The average Bonchev–Trinajstić information content (AvgIpc) is 2.46. The molecule has 3 nitrogen and oxygen atoms in total. The summed E-state index contributed by atoms with van der Waals surface area (Å²) in [5.41, 5.74) is 1.89. The summed E-state index contributed by atoms with van der Waals surface area (Å²) in [6.45, 7) is 6.02. The molecule has 0 saturated carbocycles. The molecule has 2 rings (SSSR count). The van der Waals surface area contributed by atoms with E-state index in [-0.39, 0.29) is 5.91 Å². The highest BCUT2D eigenvalue weighted by molar-refractivity contribution is 5.94. The maximum Gasteiger partial charge on any atom is 0.253 e. The quantitative estimate of drug-likeness (QED) is 0.834. The summed E-state index contributed by atoms with van der Waals surface area (Å²) in [6.07, 6.45) is 3.47. The molecular weight excluding hydrogens is 238 g/mol. The smallest absolute Gasteiger partial charge is 0.253 e. The lowest BCUT2D eigenvalue weighted by molar-refractivity contribution is 0.0724. The van der Waals surface area contributed by atoms with Gasteiger partial charge in [0.05, 0.1) is 7.11 Å². The van der Waals surface area contributed by atoms with Crippen molar-refractivity contribution in [3.05, 3.63) is 29.3 Å². The summed E-state index contributed by atoms with van der Waals surface area (Å²) in [6, 6.07) is 5.82. The molecule has 0 aliphatic carbocycles. The van der Waals surface area contributed by atoms with Crippen molar-refractivity contribution >= 4 is 5.91 Å². The lowest BCUT2D eigenvalue weighted by atomic mass is 9.99. The van der Waals surface area contributed by atoms with Gasteiger partial charge in [0, 0.05) is 18.7 Å². The predicted octanol–water partition coefficient (Wildman–Crippen LogP) is 3.44. The number of piperidine rings is 1. The zero-order chi connectivity index (χ0) is 13.8. The van der Waals surface area contributed by atoms with Crippen LogP contribution in [0.15, 0.2) is 18.2 Å². The highest BCUT2D eigenvalue weighted by Gasteiger charge is 2.19. The molecule has 1 heterocycles. The van der Waals surface area contributed by atoms with Gasteiger partial charge in [-0.15, -0.1) is 0 Å². The van der Waals surface area contributed by atoms with E-state index in [1.54, 1.807) is 7.11 Å². The van der Waals surface area contributed by atoms with Crippen LogP contribution in [-0.4, -0.2) is 31.0 Å². The minimum Gasteiger partial charge on any atom is -0.496 e. The zero-order valence-corrected chi connectivity index (χ0v) is 12.1. The molecule has 104 valence electrons. The second-order valence-corrected chi connectivity index (χ2v) is 5.46. The zero-order valence-electron chi connectivity index (χ0n) is 12.1. The van der Waals surface area contributed by atoms with Crippen LogP contribution in [0, 0.1) is 0 Å². The van der Waals surface area contributed by atoms with Crippen molar-refractivity contribution in [1.29, 1.82) is 0 Å². The Kier molecular flexibility index (Phi) is 4.46. The molecule has 19 heavy (non-hydrogen) atoms. The van der Waals surface area contributed by atoms with Crippen LogP contribution in [0.4, 0.5) is 0 Å². The molecule has 1 amide bonds. The molecule has 0 N–H and O–H groups in total. The fraction of sp³-hybridized carbons (Fsp3) is 0.562. The van der Waals surface area contributed by atoms with Crippen molar-refractivity contribution in [1.82, 2.24) is 4.90 Å². The third-order valence-corrected chi connectivity index (χ3v) is 3.75. The van der Waals surface area contributed by atoms with Gasteiger partial charge in [0.25, 0.3) is 5.91 Å². The first-order chi connectivity index (χ1) is 9.13. The van der Waals surface area contributed by atoms with E-state index in [0.29, 0.717) is 5.92 Å². The Morgan fingerprint density at radius 2 is 1.89 bits per heavy atom. The summed E-state index contributed by atoms with van der Waals surface area (Å²) in [5.74, 6) is 1.35. The first kappa shape index (κ1) is 13.9. The molecule has 0 atom stereocenters. The Bertz CT molecular complexity index is 448. The number of amides is 1. The van der Waals surface area contributed by atoms with Crippen molar-refractivity contribution < 1.29 is 9.53 Å². The number of hydrogen-bond donors (Lipinski definition) is 0. The third kappa shape index (κ3) is 3.09. The van der Waals surface area contributed by atoms with E-state index < -0.39 is 0 Å². The number of hydrogen-bond acceptors (Lipinski definition) is 2. The van der Waals surface area contributed by atoms with Gasteiger partial charge in [-0.2, -0.15) is 0 Å². The van der Waals surface area contributed by atoms with Crippen LogP contribution in [-0.2, 0) is 0 Å². The number of carbonyl (C=O) groups is 1. The molecule has 3 heteroatoms. The van der Waals surface area contributed by atoms with Crippen LogP contribution in [0.25, 0.3) is 0 Å². The van der Waals surface area contributed by atoms with Gasteiger partial charge in [0.1, 0.15) is 5.75 Å². The monoisotopic (exact) mass is 261 g/mol. The minimum atomic E-state index is 0.133. The number of rotatable bonds is 3. The van der Waals surface area contributed by atoms with Crippen LogP contribution in [0.1, 0.15) is 54.9 Å². The topological polar surface area (TPSA) is 29.5 Å². The second kappa shape index (κ2) is 6.09. The molecular formula is C16H23NO2. The molecule has 1 aromatic carbocycles. The Morgan fingerprint density at radius 3 is 2.47 bits per heavy atom. The van der Waals surface area contributed by atoms with E-state index in [9.17, 15) is 4.79 Å².